The summed E-state index contributed by atoms with van der Waals surface area (Å²) in [5.74, 6) is 1.17. The molecule has 1 atom stereocenters. The summed E-state index contributed by atoms with van der Waals surface area (Å²) in [6.07, 6.45) is 0.881. The Hall–Kier alpha value is -1.51. The van der Waals surface area contributed by atoms with Gasteiger partial charge in [0, 0.05) is 5.02 Å². The molecule has 2 nitrogen and oxygen atoms in total. The van der Waals surface area contributed by atoms with Crippen LogP contribution in [0.25, 0.3) is 0 Å². The van der Waals surface area contributed by atoms with Gasteiger partial charge in [-0.2, -0.15) is 0 Å². The molecule has 0 fully saturated rings. The van der Waals surface area contributed by atoms with Gasteiger partial charge in [-0.3, -0.25) is 0 Å². The van der Waals surface area contributed by atoms with Crippen LogP contribution in [0.15, 0.2) is 54.6 Å². The van der Waals surface area contributed by atoms with Gasteiger partial charge in [-0.1, -0.05) is 41.9 Å². The van der Waals surface area contributed by atoms with Crippen LogP contribution in [0.2, 0.25) is 5.02 Å². The monoisotopic (exact) mass is 275 g/mol. The number of halogens is 1. The van der Waals surface area contributed by atoms with Crippen LogP contribution in [0.3, 0.4) is 0 Å². The van der Waals surface area contributed by atoms with Gasteiger partial charge in [0.25, 0.3) is 0 Å². The molecule has 0 aromatic heterocycles. The first-order chi connectivity index (χ1) is 9.29. The van der Waals surface area contributed by atoms with Crippen LogP contribution in [-0.4, -0.2) is 13.2 Å². The number of nitrogens with two attached hydrogens (primary N) is 1. The molecule has 100 valence electrons. The second-order valence-corrected chi connectivity index (χ2v) is 4.87. The molecule has 2 aromatic rings. The molecular weight excluding hydrogens is 258 g/mol. The molecule has 0 amide bonds. The molecule has 0 bridgehead atoms. The predicted molar refractivity (Wildman–Crippen MR) is 79.8 cm³/mol. The third-order valence-corrected chi connectivity index (χ3v) is 3.32. The molecule has 0 radical (unpaired) electrons. The number of rotatable bonds is 6. The summed E-state index contributed by atoms with van der Waals surface area (Å²) >= 11 is 6.00. The van der Waals surface area contributed by atoms with Crippen molar-refractivity contribution < 1.29 is 4.74 Å². The Morgan fingerprint density at radius 3 is 2.53 bits per heavy atom. The van der Waals surface area contributed by atoms with E-state index in [1.54, 1.807) is 0 Å². The van der Waals surface area contributed by atoms with Gasteiger partial charge < -0.3 is 10.5 Å². The smallest absolute Gasteiger partial charge is 0.119 e. The Balaban J connectivity index is 1.89. The highest BCUT2D eigenvalue weighted by molar-refractivity contribution is 6.30. The second-order valence-electron chi connectivity index (χ2n) is 4.44. The van der Waals surface area contributed by atoms with E-state index < -0.39 is 0 Å². The van der Waals surface area contributed by atoms with Crippen molar-refractivity contribution in [1.82, 2.24) is 0 Å². The second kappa shape index (κ2) is 7.17. The maximum atomic E-state index is 6.00. The van der Waals surface area contributed by atoms with E-state index in [0.717, 1.165) is 17.2 Å². The highest BCUT2D eigenvalue weighted by Gasteiger charge is 2.10. The maximum Gasteiger partial charge on any atom is 0.119 e. The molecule has 2 aromatic carbocycles. The standard InChI is InChI=1S/C16H18ClNO/c17-15-6-4-5-13(11-15)14(12-18)9-10-19-16-7-2-1-3-8-16/h1-8,11,14H,9-10,12,18H2. The number of hydrogen-bond donors (Lipinski definition) is 1. The Morgan fingerprint density at radius 2 is 1.84 bits per heavy atom. The van der Waals surface area contributed by atoms with Crippen LogP contribution in [0, 0.1) is 0 Å². The van der Waals surface area contributed by atoms with Crippen LogP contribution in [0.4, 0.5) is 0 Å². The maximum absolute atomic E-state index is 6.00. The molecule has 2 rings (SSSR count). The van der Waals surface area contributed by atoms with Crippen molar-refractivity contribution in [3.8, 4) is 5.75 Å². The minimum absolute atomic E-state index is 0.280. The zero-order chi connectivity index (χ0) is 13.5. The summed E-state index contributed by atoms with van der Waals surface area (Å²) in [5.41, 5.74) is 7.01. The van der Waals surface area contributed by atoms with E-state index >= 15 is 0 Å². The van der Waals surface area contributed by atoms with Gasteiger partial charge in [0.1, 0.15) is 5.75 Å². The van der Waals surface area contributed by atoms with Crippen LogP contribution < -0.4 is 10.5 Å². The molecule has 2 N–H and O–H groups in total. The van der Waals surface area contributed by atoms with Crippen molar-refractivity contribution in [2.75, 3.05) is 13.2 Å². The zero-order valence-electron chi connectivity index (χ0n) is 10.8. The summed E-state index contributed by atoms with van der Waals surface area (Å²) in [6.45, 7) is 1.25. The number of para-hydroxylation sites is 1. The molecule has 19 heavy (non-hydrogen) atoms. The average Bonchev–Trinajstić information content (AvgIpc) is 2.45. The summed E-state index contributed by atoms with van der Waals surface area (Å²) < 4.78 is 5.70. The molecule has 0 heterocycles. The van der Waals surface area contributed by atoms with Gasteiger partial charge in [0.15, 0.2) is 0 Å². The quantitative estimate of drug-likeness (QED) is 0.869. The molecule has 0 saturated carbocycles. The lowest BCUT2D eigenvalue weighted by atomic mass is 9.96. The summed E-state index contributed by atoms with van der Waals surface area (Å²) in [5, 5.41) is 0.750. The van der Waals surface area contributed by atoms with Gasteiger partial charge in [-0.15, -0.1) is 0 Å². The fraction of sp³-hybridized carbons (Fsp3) is 0.250. The van der Waals surface area contributed by atoms with Crippen LogP contribution in [0.1, 0.15) is 17.9 Å². The summed E-state index contributed by atoms with van der Waals surface area (Å²) in [7, 11) is 0. The van der Waals surface area contributed by atoms with Gasteiger partial charge in [-0.25, -0.2) is 0 Å². The van der Waals surface area contributed by atoms with Crippen molar-refractivity contribution in [3.05, 3.63) is 65.2 Å². The summed E-state index contributed by atoms with van der Waals surface area (Å²) in [6, 6.07) is 17.7. The van der Waals surface area contributed by atoms with Gasteiger partial charge in [-0.05, 0) is 48.7 Å². The topological polar surface area (TPSA) is 35.2 Å². The highest BCUT2D eigenvalue weighted by Crippen LogP contribution is 2.22. The lowest BCUT2D eigenvalue weighted by Gasteiger charge is -2.16. The molecule has 0 saturated heterocycles. The number of benzene rings is 2. The predicted octanol–water partition coefficient (Wildman–Crippen LogP) is 3.85. The van der Waals surface area contributed by atoms with Crippen molar-refractivity contribution in [2.24, 2.45) is 5.73 Å². The lowest BCUT2D eigenvalue weighted by Crippen LogP contribution is -2.15. The largest absolute Gasteiger partial charge is 0.494 e. The molecule has 1 unspecified atom stereocenters. The fourth-order valence-corrected chi connectivity index (χ4v) is 2.22. The Bertz CT molecular complexity index is 501. The van der Waals surface area contributed by atoms with Crippen LogP contribution >= 0.6 is 11.6 Å². The van der Waals surface area contributed by atoms with E-state index in [4.69, 9.17) is 22.1 Å². The van der Waals surface area contributed by atoms with Gasteiger partial charge in [0.05, 0.1) is 6.61 Å². The summed E-state index contributed by atoms with van der Waals surface area (Å²) in [4.78, 5) is 0. The fourth-order valence-electron chi connectivity index (χ4n) is 2.02. The lowest BCUT2D eigenvalue weighted by molar-refractivity contribution is 0.298. The Morgan fingerprint density at radius 1 is 1.05 bits per heavy atom. The number of hydrogen-bond acceptors (Lipinski definition) is 2. The normalized spacial score (nSPS) is 12.1. The SMILES string of the molecule is NCC(CCOc1ccccc1)c1cccc(Cl)c1. The third kappa shape index (κ3) is 4.27. The molecule has 0 aliphatic carbocycles. The minimum Gasteiger partial charge on any atom is -0.494 e. The molecule has 0 aliphatic heterocycles. The van der Waals surface area contributed by atoms with Crippen LogP contribution in [-0.2, 0) is 0 Å². The van der Waals surface area contributed by atoms with Gasteiger partial charge >= 0.3 is 0 Å². The number of ether oxygens (including phenoxy) is 1. The Kier molecular flexibility index (Phi) is 5.25. The van der Waals surface area contributed by atoms with E-state index in [2.05, 4.69) is 6.07 Å². The van der Waals surface area contributed by atoms with E-state index in [0.29, 0.717) is 13.2 Å². The van der Waals surface area contributed by atoms with E-state index in [1.165, 1.54) is 5.56 Å². The third-order valence-electron chi connectivity index (χ3n) is 3.08. The first-order valence-corrected chi connectivity index (χ1v) is 6.81. The Labute approximate surface area is 119 Å². The highest BCUT2D eigenvalue weighted by atomic mass is 35.5. The van der Waals surface area contributed by atoms with Crippen LogP contribution in [0.5, 0.6) is 5.75 Å². The minimum atomic E-state index is 0.280. The first kappa shape index (κ1) is 13.9. The van der Waals surface area contributed by atoms with E-state index in [9.17, 15) is 0 Å². The van der Waals surface area contributed by atoms with Crippen molar-refractivity contribution in [2.45, 2.75) is 12.3 Å². The van der Waals surface area contributed by atoms with Crippen molar-refractivity contribution >= 4 is 11.6 Å². The van der Waals surface area contributed by atoms with E-state index in [1.807, 2.05) is 48.5 Å². The molecule has 0 spiro atoms. The molecule has 0 aliphatic rings. The average molecular weight is 276 g/mol. The molecule has 3 heteroatoms. The molecular formula is C16H18ClNO. The first-order valence-electron chi connectivity index (χ1n) is 6.43. The van der Waals surface area contributed by atoms with E-state index in [-0.39, 0.29) is 5.92 Å². The zero-order valence-corrected chi connectivity index (χ0v) is 11.5. The van der Waals surface area contributed by atoms with Crippen molar-refractivity contribution in [1.29, 1.82) is 0 Å². The van der Waals surface area contributed by atoms with Gasteiger partial charge in [0.2, 0.25) is 0 Å². The van der Waals surface area contributed by atoms with Crippen molar-refractivity contribution in [3.63, 3.8) is 0 Å².